The Balaban J connectivity index is 1.72. The zero-order valence-corrected chi connectivity index (χ0v) is 20.5. The fourth-order valence-electron chi connectivity index (χ4n) is 3.87. The van der Waals surface area contributed by atoms with Gasteiger partial charge in [0.25, 0.3) is 0 Å². The minimum Gasteiger partial charge on any atom is -0.491 e. The highest BCUT2D eigenvalue weighted by atomic mass is 32.2. The molecule has 0 bridgehead atoms. The molecule has 184 valence electrons. The van der Waals surface area contributed by atoms with E-state index in [9.17, 15) is 17.6 Å². The van der Waals surface area contributed by atoms with Crippen LogP contribution in [-0.4, -0.2) is 47.6 Å². The van der Waals surface area contributed by atoms with Crippen LogP contribution in [0.1, 0.15) is 39.2 Å². The van der Waals surface area contributed by atoms with Gasteiger partial charge in [0, 0.05) is 30.2 Å². The van der Waals surface area contributed by atoms with Crippen LogP contribution in [0.2, 0.25) is 0 Å². The van der Waals surface area contributed by atoms with Crippen LogP contribution in [0.3, 0.4) is 0 Å². The van der Waals surface area contributed by atoms with Crippen molar-refractivity contribution in [2.45, 2.75) is 57.6 Å². The van der Waals surface area contributed by atoms with Gasteiger partial charge in [-0.05, 0) is 74.2 Å². The third-order valence-electron chi connectivity index (χ3n) is 5.81. The van der Waals surface area contributed by atoms with Gasteiger partial charge in [0.2, 0.25) is 10.0 Å². The summed E-state index contributed by atoms with van der Waals surface area (Å²) in [7, 11) is -3.68. The Bertz CT molecular complexity index is 1240. The Labute approximate surface area is 199 Å². The molecule has 0 aliphatic carbocycles. The van der Waals surface area contributed by atoms with Crippen LogP contribution >= 0.6 is 0 Å². The van der Waals surface area contributed by atoms with Gasteiger partial charge in [0.15, 0.2) is 0 Å². The van der Waals surface area contributed by atoms with Crippen LogP contribution in [-0.2, 0) is 27.8 Å². The number of rotatable bonds is 12. The number of ether oxygens (including phenoxy) is 1. The second-order valence-corrected chi connectivity index (χ2v) is 10.2. The van der Waals surface area contributed by atoms with Gasteiger partial charge in [0.1, 0.15) is 18.1 Å². The normalized spacial score (nSPS) is 12.9. The fraction of sp³-hybridized carbons (Fsp3) is 0.400. The molecular formula is C25H31FN2O5S. The van der Waals surface area contributed by atoms with Crippen LogP contribution in [0.15, 0.2) is 53.6 Å². The summed E-state index contributed by atoms with van der Waals surface area (Å²) >= 11 is 0. The second kappa shape index (κ2) is 11.0. The van der Waals surface area contributed by atoms with E-state index in [0.717, 1.165) is 12.0 Å². The van der Waals surface area contributed by atoms with Crippen LogP contribution in [0.25, 0.3) is 10.9 Å². The maximum atomic E-state index is 13.8. The number of hydrogen-bond acceptors (Lipinski definition) is 4. The van der Waals surface area contributed by atoms with Gasteiger partial charge in [-0.1, -0.05) is 13.8 Å². The van der Waals surface area contributed by atoms with E-state index >= 15 is 0 Å². The molecule has 1 N–H and O–H groups in total. The number of aromatic nitrogens is 1. The molecule has 0 saturated heterocycles. The van der Waals surface area contributed by atoms with Gasteiger partial charge in [0.05, 0.1) is 11.0 Å². The smallest absolute Gasteiger partial charge is 0.323 e. The molecule has 2 aromatic carbocycles. The van der Waals surface area contributed by atoms with Crippen molar-refractivity contribution in [3.63, 3.8) is 0 Å². The van der Waals surface area contributed by atoms with Gasteiger partial charge < -0.3 is 14.4 Å². The Morgan fingerprint density at radius 1 is 1.18 bits per heavy atom. The van der Waals surface area contributed by atoms with Gasteiger partial charge in [-0.15, -0.1) is 0 Å². The number of sulfonamides is 1. The number of hydrogen-bond donors (Lipinski definition) is 1. The predicted molar refractivity (Wildman–Crippen MR) is 129 cm³/mol. The van der Waals surface area contributed by atoms with Crippen LogP contribution in [0.5, 0.6) is 5.75 Å². The molecule has 7 nitrogen and oxygen atoms in total. The molecule has 9 heteroatoms. The number of benzene rings is 2. The molecule has 0 aliphatic heterocycles. The first-order valence-corrected chi connectivity index (χ1v) is 12.9. The molecule has 34 heavy (non-hydrogen) atoms. The molecule has 0 spiro atoms. The van der Waals surface area contributed by atoms with E-state index in [0.29, 0.717) is 36.0 Å². The zero-order chi connectivity index (χ0) is 24.9. The lowest BCUT2D eigenvalue weighted by Crippen LogP contribution is -2.32. The van der Waals surface area contributed by atoms with E-state index < -0.39 is 21.8 Å². The van der Waals surface area contributed by atoms with Crippen molar-refractivity contribution in [2.75, 3.05) is 13.1 Å². The van der Waals surface area contributed by atoms with Crippen molar-refractivity contribution in [2.24, 2.45) is 0 Å². The highest BCUT2D eigenvalue weighted by Crippen LogP contribution is 2.25. The molecule has 0 aliphatic rings. The minimum absolute atomic E-state index is 0.0458. The van der Waals surface area contributed by atoms with Crippen molar-refractivity contribution in [1.82, 2.24) is 8.87 Å². The molecular weight excluding hydrogens is 459 g/mol. The Morgan fingerprint density at radius 3 is 2.50 bits per heavy atom. The molecule has 0 unspecified atom stereocenters. The largest absolute Gasteiger partial charge is 0.491 e. The standard InChI is InChI=1S/C25H31FN2O5S/c1-4-18(3)33-21-9-11-22(12-10-21)34(31,32)28(5-2)14-6-7-19-16-27(17-25(29)30)24-13-8-20(26)15-23(19)24/h8-13,15-16,18H,4-7,14,17H2,1-3H3,(H,29,30)/t18-/m0/s1. The lowest BCUT2D eigenvalue weighted by Gasteiger charge is -2.21. The Kier molecular flexibility index (Phi) is 8.33. The SMILES string of the molecule is CC[C@H](C)Oc1ccc(S(=O)(=O)N(CC)CCCc2cn(CC(=O)O)c3ccc(F)cc23)cc1. The van der Waals surface area contributed by atoms with E-state index in [1.807, 2.05) is 13.8 Å². The summed E-state index contributed by atoms with van der Waals surface area (Å²) in [6, 6.07) is 10.7. The predicted octanol–water partition coefficient (Wildman–Crippen LogP) is 4.69. The van der Waals surface area contributed by atoms with Crippen LogP contribution in [0, 0.1) is 5.82 Å². The number of carboxylic acid groups (broad SMARTS) is 1. The number of carboxylic acids is 1. The van der Waals surface area contributed by atoms with E-state index in [-0.39, 0.29) is 24.1 Å². The number of halogens is 1. The number of nitrogens with zero attached hydrogens (tertiary/aromatic N) is 2. The van der Waals surface area contributed by atoms with Crippen molar-refractivity contribution in [1.29, 1.82) is 0 Å². The van der Waals surface area contributed by atoms with E-state index in [2.05, 4.69) is 0 Å². The summed E-state index contributed by atoms with van der Waals surface area (Å²) in [5.74, 6) is -0.765. The molecule has 0 amide bonds. The first-order chi connectivity index (χ1) is 16.1. The number of carbonyl (C=O) groups is 1. The molecule has 1 atom stereocenters. The average Bonchev–Trinajstić information content (AvgIpc) is 3.12. The summed E-state index contributed by atoms with van der Waals surface area (Å²) in [5.41, 5.74) is 1.43. The maximum Gasteiger partial charge on any atom is 0.323 e. The highest BCUT2D eigenvalue weighted by Gasteiger charge is 2.23. The average molecular weight is 491 g/mol. The number of aryl methyl sites for hydroxylation is 1. The van der Waals surface area contributed by atoms with Crippen molar-refractivity contribution in [3.8, 4) is 5.75 Å². The Morgan fingerprint density at radius 2 is 1.88 bits per heavy atom. The highest BCUT2D eigenvalue weighted by molar-refractivity contribution is 7.89. The summed E-state index contributed by atoms with van der Waals surface area (Å²) in [6.45, 7) is 6.12. The molecule has 0 saturated carbocycles. The summed E-state index contributed by atoms with van der Waals surface area (Å²) < 4.78 is 48.8. The van der Waals surface area contributed by atoms with Crippen molar-refractivity contribution >= 4 is 26.9 Å². The van der Waals surface area contributed by atoms with Crippen LogP contribution in [0.4, 0.5) is 4.39 Å². The van der Waals surface area contributed by atoms with Gasteiger partial charge in [-0.2, -0.15) is 4.31 Å². The topological polar surface area (TPSA) is 88.8 Å². The third-order valence-corrected chi connectivity index (χ3v) is 7.80. The molecule has 0 radical (unpaired) electrons. The molecule has 0 fully saturated rings. The minimum atomic E-state index is -3.68. The molecule has 3 rings (SSSR count). The maximum absolute atomic E-state index is 13.8. The summed E-state index contributed by atoms with van der Waals surface area (Å²) in [4.78, 5) is 11.4. The first kappa shape index (κ1) is 25.7. The lowest BCUT2D eigenvalue weighted by molar-refractivity contribution is -0.137. The summed E-state index contributed by atoms with van der Waals surface area (Å²) in [5, 5.41) is 9.81. The number of aliphatic carboxylic acids is 1. The Hall–Kier alpha value is -2.91. The van der Waals surface area contributed by atoms with Gasteiger partial charge >= 0.3 is 5.97 Å². The molecule has 1 heterocycles. The second-order valence-electron chi connectivity index (χ2n) is 8.25. The first-order valence-electron chi connectivity index (χ1n) is 11.4. The lowest BCUT2D eigenvalue weighted by atomic mass is 10.1. The van der Waals surface area contributed by atoms with E-state index in [4.69, 9.17) is 9.84 Å². The quantitative estimate of drug-likeness (QED) is 0.398. The molecule has 3 aromatic rings. The van der Waals surface area contributed by atoms with E-state index in [1.54, 1.807) is 48.0 Å². The third kappa shape index (κ3) is 5.95. The molecule has 1 aromatic heterocycles. The monoisotopic (exact) mass is 490 g/mol. The van der Waals surface area contributed by atoms with Gasteiger partial charge in [-0.3, -0.25) is 4.79 Å². The van der Waals surface area contributed by atoms with Crippen LogP contribution < -0.4 is 4.74 Å². The van der Waals surface area contributed by atoms with Crippen molar-refractivity contribution < 1.29 is 27.4 Å². The summed E-state index contributed by atoms with van der Waals surface area (Å²) in [6.07, 6.45) is 3.60. The number of fused-ring (bicyclic) bond motifs is 1. The zero-order valence-electron chi connectivity index (χ0n) is 19.7. The fourth-order valence-corrected chi connectivity index (χ4v) is 5.36. The van der Waals surface area contributed by atoms with Gasteiger partial charge in [-0.25, -0.2) is 12.8 Å². The van der Waals surface area contributed by atoms with Crippen molar-refractivity contribution in [3.05, 3.63) is 60.0 Å². The van der Waals surface area contributed by atoms with E-state index in [1.165, 1.54) is 16.4 Å².